The van der Waals surface area contributed by atoms with E-state index >= 15 is 0 Å². The highest BCUT2D eigenvalue weighted by molar-refractivity contribution is 6.11. The zero-order chi connectivity index (χ0) is 13.8. The average molecular weight is 263 g/mol. The van der Waals surface area contributed by atoms with E-state index in [0.29, 0.717) is 0 Å². The lowest BCUT2D eigenvalue weighted by Crippen LogP contribution is -2.20. The highest BCUT2D eigenvalue weighted by atomic mass is 16.6. The van der Waals surface area contributed by atoms with Gasteiger partial charge in [0.2, 0.25) is 0 Å². The molecule has 2 aromatic rings. The molecule has 100 valence electrons. The molecule has 0 bridgehead atoms. The largest absolute Gasteiger partial charge is 0.388 e. The van der Waals surface area contributed by atoms with Crippen LogP contribution in [0.15, 0.2) is 71.4 Å². The summed E-state index contributed by atoms with van der Waals surface area (Å²) in [5, 5.41) is 4.08. The van der Waals surface area contributed by atoms with Crippen LogP contribution in [0.3, 0.4) is 0 Å². The molecule has 1 aliphatic rings. The van der Waals surface area contributed by atoms with E-state index in [2.05, 4.69) is 48.5 Å². The highest BCUT2D eigenvalue weighted by Crippen LogP contribution is 2.26. The van der Waals surface area contributed by atoms with E-state index in [-0.39, 0.29) is 6.10 Å². The quantitative estimate of drug-likeness (QED) is 0.817. The monoisotopic (exact) mass is 263 g/mol. The van der Waals surface area contributed by atoms with Gasteiger partial charge in [0.1, 0.15) is 0 Å². The lowest BCUT2D eigenvalue weighted by Gasteiger charge is -2.22. The van der Waals surface area contributed by atoms with E-state index in [4.69, 9.17) is 4.84 Å². The SMILES string of the molecule is CC1=C(c2ccccc2)C=NOC1Cc1ccccc1. The fourth-order valence-corrected chi connectivity index (χ4v) is 2.45. The van der Waals surface area contributed by atoms with Crippen molar-refractivity contribution in [1.82, 2.24) is 0 Å². The second-order valence-electron chi connectivity index (χ2n) is 4.98. The molecule has 20 heavy (non-hydrogen) atoms. The van der Waals surface area contributed by atoms with Gasteiger partial charge < -0.3 is 4.84 Å². The minimum atomic E-state index is 0.0117. The Morgan fingerprint density at radius 2 is 1.60 bits per heavy atom. The number of rotatable bonds is 3. The maximum atomic E-state index is 5.56. The van der Waals surface area contributed by atoms with E-state index in [1.165, 1.54) is 16.7 Å². The summed E-state index contributed by atoms with van der Waals surface area (Å²) in [6.45, 7) is 2.13. The second kappa shape index (κ2) is 5.74. The molecule has 0 spiro atoms. The predicted molar refractivity (Wildman–Crippen MR) is 82.5 cm³/mol. The molecule has 0 amide bonds. The van der Waals surface area contributed by atoms with E-state index in [9.17, 15) is 0 Å². The van der Waals surface area contributed by atoms with Gasteiger partial charge in [0.05, 0.1) is 6.21 Å². The highest BCUT2D eigenvalue weighted by Gasteiger charge is 2.20. The fraction of sp³-hybridized carbons (Fsp3) is 0.167. The summed E-state index contributed by atoms with van der Waals surface area (Å²) in [6.07, 6.45) is 2.67. The Hall–Kier alpha value is -2.35. The number of nitrogens with zero attached hydrogens (tertiary/aromatic N) is 1. The molecule has 3 rings (SSSR count). The molecule has 0 radical (unpaired) electrons. The third kappa shape index (κ3) is 2.64. The van der Waals surface area contributed by atoms with Gasteiger partial charge in [0.25, 0.3) is 0 Å². The summed E-state index contributed by atoms with van der Waals surface area (Å²) in [5.41, 5.74) is 4.85. The Morgan fingerprint density at radius 1 is 0.950 bits per heavy atom. The van der Waals surface area contributed by atoms with Crippen molar-refractivity contribution in [2.45, 2.75) is 19.4 Å². The molecule has 2 aromatic carbocycles. The van der Waals surface area contributed by atoms with Crippen molar-refractivity contribution in [2.75, 3.05) is 0 Å². The number of allylic oxidation sites excluding steroid dienone is 1. The third-order valence-corrected chi connectivity index (χ3v) is 3.63. The minimum Gasteiger partial charge on any atom is -0.388 e. The lowest BCUT2D eigenvalue weighted by molar-refractivity contribution is 0.0839. The average Bonchev–Trinajstić information content (AvgIpc) is 2.51. The second-order valence-corrected chi connectivity index (χ2v) is 4.98. The lowest BCUT2D eigenvalue weighted by atomic mass is 9.94. The summed E-state index contributed by atoms with van der Waals surface area (Å²) in [6, 6.07) is 20.7. The summed E-state index contributed by atoms with van der Waals surface area (Å²) in [5.74, 6) is 0. The summed E-state index contributed by atoms with van der Waals surface area (Å²) >= 11 is 0. The first-order valence-corrected chi connectivity index (χ1v) is 6.84. The predicted octanol–water partition coefficient (Wildman–Crippen LogP) is 4.09. The number of hydrogen-bond acceptors (Lipinski definition) is 2. The van der Waals surface area contributed by atoms with Crippen LogP contribution in [0.1, 0.15) is 18.1 Å². The molecule has 0 aliphatic carbocycles. The van der Waals surface area contributed by atoms with Crippen LogP contribution in [0.25, 0.3) is 5.57 Å². The van der Waals surface area contributed by atoms with Crippen molar-refractivity contribution in [1.29, 1.82) is 0 Å². The molecule has 0 N–H and O–H groups in total. The smallest absolute Gasteiger partial charge is 0.153 e. The van der Waals surface area contributed by atoms with Crippen LogP contribution in [0.4, 0.5) is 0 Å². The molecule has 2 nitrogen and oxygen atoms in total. The van der Waals surface area contributed by atoms with Crippen molar-refractivity contribution in [3.05, 3.63) is 77.4 Å². The molecule has 0 fully saturated rings. The van der Waals surface area contributed by atoms with Crippen molar-refractivity contribution in [3.8, 4) is 0 Å². The van der Waals surface area contributed by atoms with Crippen molar-refractivity contribution >= 4 is 11.8 Å². The van der Waals surface area contributed by atoms with Crippen LogP contribution in [0.2, 0.25) is 0 Å². The molecular weight excluding hydrogens is 246 g/mol. The normalized spacial score (nSPS) is 17.9. The standard InChI is InChI=1S/C18H17NO/c1-14-17(16-10-6-3-7-11-16)13-19-20-18(14)12-15-8-4-2-5-9-15/h2-11,13,18H,12H2,1H3. The molecular formula is C18H17NO. The van der Waals surface area contributed by atoms with Gasteiger partial charge in [0, 0.05) is 12.0 Å². The molecule has 1 unspecified atom stereocenters. The maximum Gasteiger partial charge on any atom is 0.153 e. The van der Waals surface area contributed by atoms with Crippen LogP contribution in [0.5, 0.6) is 0 Å². The Morgan fingerprint density at radius 3 is 2.30 bits per heavy atom. The summed E-state index contributed by atoms with van der Waals surface area (Å²) in [7, 11) is 0. The van der Waals surface area contributed by atoms with Gasteiger partial charge in [-0.2, -0.15) is 0 Å². The minimum absolute atomic E-state index is 0.0117. The van der Waals surface area contributed by atoms with Gasteiger partial charge in [-0.05, 0) is 23.6 Å². The first-order chi connectivity index (χ1) is 9.84. The number of oxime groups is 1. The van der Waals surface area contributed by atoms with E-state index in [1.54, 1.807) is 0 Å². The van der Waals surface area contributed by atoms with Crippen LogP contribution >= 0.6 is 0 Å². The Kier molecular flexibility index (Phi) is 3.64. The fourth-order valence-electron chi connectivity index (χ4n) is 2.45. The molecule has 1 aliphatic heterocycles. The zero-order valence-electron chi connectivity index (χ0n) is 11.5. The summed E-state index contributed by atoms with van der Waals surface area (Å²) in [4.78, 5) is 5.56. The number of hydrogen-bond donors (Lipinski definition) is 0. The number of benzene rings is 2. The molecule has 1 heterocycles. The van der Waals surface area contributed by atoms with Crippen molar-refractivity contribution < 1.29 is 4.84 Å². The first-order valence-electron chi connectivity index (χ1n) is 6.84. The van der Waals surface area contributed by atoms with E-state index in [1.807, 2.05) is 30.5 Å². The maximum absolute atomic E-state index is 5.56. The van der Waals surface area contributed by atoms with Gasteiger partial charge in [0.15, 0.2) is 6.10 Å². The molecule has 1 atom stereocenters. The van der Waals surface area contributed by atoms with Gasteiger partial charge >= 0.3 is 0 Å². The van der Waals surface area contributed by atoms with Gasteiger partial charge in [-0.3, -0.25) is 0 Å². The molecule has 0 saturated carbocycles. The van der Waals surface area contributed by atoms with Gasteiger partial charge in [-0.25, -0.2) is 0 Å². The van der Waals surface area contributed by atoms with Gasteiger partial charge in [-0.15, -0.1) is 0 Å². The van der Waals surface area contributed by atoms with Crippen LogP contribution < -0.4 is 0 Å². The zero-order valence-corrected chi connectivity index (χ0v) is 11.5. The van der Waals surface area contributed by atoms with E-state index in [0.717, 1.165) is 12.0 Å². The van der Waals surface area contributed by atoms with Crippen LogP contribution in [-0.2, 0) is 11.3 Å². The van der Waals surface area contributed by atoms with Crippen LogP contribution in [0, 0.1) is 0 Å². The van der Waals surface area contributed by atoms with E-state index < -0.39 is 0 Å². The first kappa shape index (κ1) is 12.7. The molecule has 0 saturated heterocycles. The Labute approximate surface area is 119 Å². The van der Waals surface area contributed by atoms with Crippen molar-refractivity contribution in [3.63, 3.8) is 0 Å². The Bertz CT molecular complexity index is 629. The molecule has 2 heteroatoms. The Balaban J connectivity index is 1.88. The topological polar surface area (TPSA) is 21.6 Å². The summed E-state index contributed by atoms with van der Waals surface area (Å²) < 4.78 is 0. The van der Waals surface area contributed by atoms with Crippen molar-refractivity contribution in [2.24, 2.45) is 5.16 Å². The molecule has 0 aromatic heterocycles. The third-order valence-electron chi connectivity index (χ3n) is 3.63. The van der Waals surface area contributed by atoms with Gasteiger partial charge in [-0.1, -0.05) is 65.8 Å². The van der Waals surface area contributed by atoms with Crippen LogP contribution in [-0.4, -0.2) is 12.3 Å².